The van der Waals surface area contributed by atoms with Crippen molar-refractivity contribution in [2.75, 3.05) is 17.4 Å². The number of nitrogens with zero attached hydrogens (tertiary/aromatic N) is 3. The first-order chi connectivity index (χ1) is 10.2. The third-order valence-corrected chi connectivity index (χ3v) is 3.74. The summed E-state index contributed by atoms with van der Waals surface area (Å²) in [6.45, 7) is 5.99. The van der Waals surface area contributed by atoms with Crippen molar-refractivity contribution in [3.05, 3.63) is 34.1 Å². The molecule has 0 aliphatic carbocycles. The highest BCUT2D eigenvalue weighted by Gasteiger charge is 2.30. The predicted molar refractivity (Wildman–Crippen MR) is 84.8 cm³/mol. The fraction of sp³-hybridized carbons (Fsp3) is 0.400. The smallest absolute Gasteiger partial charge is 0.278 e. The van der Waals surface area contributed by atoms with E-state index in [1.165, 1.54) is 6.07 Å². The van der Waals surface area contributed by atoms with E-state index in [0.717, 1.165) is 11.1 Å². The number of likely N-dealkylation sites (N-methyl/N-ethyl adjacent to an activating group) is 1. The SMILES string of the molecule is CN1C(=O)Cc2c3c1ccc([N+](=O)[O-])c3cn2NC(C)(C)C. The first kappa shape index (κ1) is 14.4. The quantitative estimate of drug-likeness (QED) is 0.682. The standard InChI is InChI=1S/C15H18N4O3/c1-15(2,3)16-18-8-9-10(19(21)22)5-6-11-14(9)12(18)7-13(20)17(11)4/h5-6,8,16H,7H2,1-4H3. The molecule has 1 aromatic heterocycles. The summed E-state index contributed by atoms with van der Waals surface area (Å²) in [5.41, 5.74) is 4.58. The van der Waals surface area contributed by atoms with Gasteiger partial charge >= 0.3 is 0 Å². The Balaban J connectivity index is 2.33. The highest BCUT2D eigenvalue weighted by Crippen LogP contribution is 2.39. The summed E-state index contributed by atoms with van der Waals surface area (Å²) in [6.07, 6.45) is 1.93. The van der Waals surface area contributed by atoms with Gasteiger partial charge < -0.3 is 10.3 Å². The largest absolute Gasteiger partial charge is 0.321 e. The van der Waals surface area contributed by atoms with Crippen LogP contribution in [0.25, 0.3) is 10.8 Å². The molecule has 7 heteroatoms. The minimum atomic E-state index is -0.388. The molecule has 1 aromatic carbocycles. The zero-order valence-electron chi connectivity index (χ0n) is 13.0. The van der Waals surface area contributed by atoms with Crippen LogP contribution in [0, 0.1) is 10.1 Å². The lowest BCUT2D eigenvalue weighted by Gasteiger charge is -2.28. The van der Waals surface area contributed by atoms with Crippen molar-refractivity contribution in [1.82, 2.24) is 4.68 Å². The van der Waals surface area contributed by atoms with Crippen LogP contribution in [-0.4, -0.2) is 28.1 Å². The average molecular weight is 302 g/mol. The molecule has 0 radical (unpaired) electrons. The maximum absolute atomic E-state index is 12.2. The van der Waals surface area contributed by atoms with Gasteiger partial charge in [0.1, 0.15) is 0 Å². The van der Waals surface area contributed by atoms with Gasteiger partial charge in [0.2, 0.25) is 5.91 Å². The van der Waals surface area contributed by atoms with Crippen molar-refractivity contribution >= 4 is 28.1 Å². The maximum Gasteiger partial charge on any atom is 0.278 e. The molecule has 0 spiro atoms. The molecule has 7 nitrogen and oxygen atoms in total. The lowest BCUT2D eigenvalue weighted by Crippen LogP contribution is -2.37. The fourth-order valence-electron chi connectivity index (χ4n) is 2.83. The lowest BCUT2D eigenvalue weighted by molar-refractivity contribution is -0.383. The van der Waals surface area contributed by atoms with Crippen LogP contribution in [0.2, 0.25) is 0 Å². The normalized spacial score (nSPS) is 14.5. The predicted octanol–water partition coefficient (Wildman–Crippen LogP) is 2.41. The van der Waals surface area contributed by atoms with Crippen LogP contribution in [-0.2, 0) is 11.2 Å². The van der Waals surface area contributed by atoms with E-state index in [1.54, 1.807) is 28.9 Å². The van der Waals surface area contributed by atoms with Gasteiger partial charge in [-0.25, -0.2) is 0 Å². The van der Waals surface area contributed by atoms with E-state index in [1.807, 2.05) is 20.8 Å². The van der Waals surface area contributed by atoms with Crippen molar-refractivity contribution in [2.24, 2.45) is 0 Å². The van der Waals surface area contributed by atoms with Gasteiger partial charge in [0.05, 0.1) is 28.1 Å². The molecule has 22 heavy (non-hydrogen) atoms. The van der Waals surface area contributed by atoms with Crippen LogP contribution in [0.5, 0.6) is 0 Å². The van der Waals surface area contributed by atoms with Crippen molar-refractivity contribution in [3.63, 3.8) is 0 Å². The zero-order chi connectivity index (χ0) is 16.2. The third kappa shape index (κ3) is 2.09. The number of hydrogen-bond acceptors (Lipinski definition) is 4. The van der Waals surface area contributed by atoms with E-state index in [0.29, 0.717) is 11.1 Å². The molecular weight excluding hydrogens is 284 g/mol. The number of anilines is 1. The van der Waals surface area contributed by atoms with E-state index >= 15 is 0 Å². The Morgan fingerprint density at radius 3 is 2.59 bits per heavy atom. The molecule has 0 bridgehead atoms. The summed E-state index contributed by atoms with van der Waals surface area (Å²) in [6, 6.07) is 3.10. The molecule has 116 valence electrons. The van der Waals surface area contributed by atoms with Crippen LogP contribution in [0.3, 0.4) is 0 Å². The second-order valence-corrected chi connectivity index (χ2v) is 6.59. The molecule has 0 atom stereocenters. The highest BCUT2D eigenvalue weighted by molar-refractivity contribution is 6.12. The van der Waals surface area contributed by atoms with Crippen molar-refractivity contribution < 1.29 is 9.72 Å². The number of nitro groups is 1. The molecule has 1 N–H and O–H groups in total. The maximum atomic E-state index is 12.2. The minimum absolute atomic E-state index is 0.0293. The van der Waals surface area contributed by atoms with Crippen molar-refractivity contribution in [1.29, 1.82) is 0 Å². The molecule has 0 unspecified atom stereocenters. The van der Waals surface area contributed by atoms with E-state index in [9.17, 15) is 14.9 Å². The van der Waals surface area contributed by atoms with Crippen LogP contribution in [0.1, 0.15) is 26.5 Å². The van der Waals surface area contributed by atoms with Gasteiger partial charge in [0.15, 0.2) is 0 Å². The number of carbonyl (C=O) groups excluding carboxylic acids is 1. The first-order valence-electron chi connectivity index (χ1n) is 7.05. The fourth-order valence-corrected chi connectivity index (χ4v) is 2.83. The van der Waals surface area contributed by atoms with E-state index in [-0.39, 0.29) is 28.5 Å². The summed E-state index contributed by atoms with van der Waals surface area (Å²) >= 11 is 0. The minimum Gasteiger partial charge on any atom is -0.321 e. The monoisotopic (exact) mass is 302 g/mol. The molecular formula is C15H18N4O3. The Morgan fingerprint density at radius 1 is 1.32 bits per heavy atom. The molecule has 2 heterocycles. The number of nitro benzene ring substituents is 1. The van der Waals surface area contributed by atoms with Gasteiger partial charge in [0.25, 0.3) is 5.69 Å². The Morgan fingerprint density at radius 2 is 2.00 bits per heavy atom. The zero-order valence-corrected chi connectivity index (χ0v) is 13.0. The van der Waals surface area contributed by atoms with Crippen LogP contribution in [0.4, 0.5) is 11.4 Å². The summed E-state index contributed by atoms with van der Waals surface area (Å²) in [4.78, 5) is 24.6. The summed E-state index contributed by atoms with van der Waals surface area (Å²) in [5.74, 6) is -0.0293. The van der Waals surface area contributed by atoms with Gasteiger partial charge in [-0.2, -0.15) is 0 Å². The molecule has 0 fully saturated rings. The van der Waals surface area contributed by atoms with Crippen molar-refractivity contribution in [2.45, 2.75) is 32.7 Å². The van der Waals surface area contributed by atoms with Gasteiger partial charge in [-0.05, 0) is 26.8 Å². The number of non-ortho nitro benzene ring substituents is 1. The average Bonchev–Trinajstić information content (AvgIpc) is 2.72. The number of nitrogens with one attached hydrogen (secondary N) is 1. The summed E-state index contributed by atoms with van der Waals surface area (Å²) in [7, 11) is 1.69. The molecule has 1 aliphatic rings. The Kier molecular flexibility index (Phi) is 2.91. The number of rotatable bonds is 2. The highest BCUT2D eigenvalue weighted by atomic mass is 16.6. The van der Waals surface area contributed by atoms with Crippen LogP contribution in [0.15, 0.2) is 18.3 Å². The summed E-state index contributed by atoms with van der Waals surface area (Å²) < 4.78 is 1.76. The first-order valence-corrected chi connectivity index (χ1v) is 7.05. The number of benzene rings is 1. The number of carbonyl (C=O) groups is 1. The molecule has 3 rings (SSSR count). The molecule has 2 aromatic rings. The Labute approximate surface area is 127 Å². The number of aromatic nitrogens is 1. The molecule has 1 aliphatic heterocycles. The second-order valence-electron chi connectivity index (χ2n) is 6.59. The Hall–Kier alpha value is -2.57. The van der Waals surface area contributed by atoms with Gasteiger partial charge in [-0.15, -0.1) is 0 Å². The van der Waals surface area contributed by atoms with Gasteiger partial charge in [-0.3, -0.25) is 19.6 Å². The van der Waals surface area contributed by atoms with E-state index in [2.05, 4.69) is 5.43 Å². The molecule has 1 amide bonds. The molecule has 0 saturated carbocycles. The van der Waals surface area contributed by atoms with Gasteiger partial charge in [0, 0.05) is 30.2 Å². The van der Waals surface area contributed by atoms with Crippen molar-refractivity contribution in [3.8, 4) is 0 Å². The van der Waals surface area contributed by atoms with E-state index in [4.69, 9.17) is 0 Å². The van der Waals surface area contributed by atoms with Crippen LogP contribution < -0.4 is 10.3 Å². The summed E-state index contributed by atoms with van der Waals surface area (Å²) in [5, 5.41) is 12.6. The van der Waals surface area contributed by atoms with E-state index < -0.39 is 0 Å². The van der Waals surface area contributed by atoms with Crippen LogP contribution >= 0.6 is 0 Å². The second kappa shape index (κ2) is 4.46. The number of hydrogen-bond donors (Lipinski definition) is 1. The third-order valence-electron chi connectivity index (χ3n) is 3.74. The molecule has 0 saturated heterocycles. The van der Waals surface area contributed by atoms with Gasteiger partial charge in [-0.1, -0.05) is 0 Å². The Bertz CT molecular complexity index is 801. The topological polar surface area (TPSA) is 80.4 Å². The lowest BCUT2D eigenvalue weighted by atomic mass is 10.0. The number of amides is 1.